The van der Waals surface area contributed by atoms with Crippen LogP contribution in [0.1, 0.15) is 38.2 Å². The summed E-state index contributed by atoms with van der Waals surface area (Å²) in [7, 11) is 0. The summed E-state index contributed by atoms with van der Waals surface area (Å²) in [4.78, 5) is 11.5. The third kappa shape index (κ3) is 5.82. The van der Waals surface area contributed by atoms with Gasteiger partial charge >= 0.3 is 0 Å². The molecule has 0 radical (unpaired) electrons. The molecule has 0 spiro atoms. The molecule has 0 heterocycles. The van der Waals surface area contributed by atoms with E-state index in [-0.39, 0.29) is 11.9 Å². The fourth-order valence-electron chi connectivity index (χ4n) is 2.05. The van der Waals surface area contributed by atoms with Crippen molar-refractivity contribution >= 4 is 5.91 Å². The van der Waals surface area contributed by atoms with Crippen LogP contribution in [0.25, 0.3) is 0 Å². The minimum atomic E-state index is 0.0732. The largest absolute Gasteiger partial charge is 0.353 e. The maximum absolute atomic E-state index is 11.5. The number of rotatable bonds is 8. The Morgan fingerprint density at radius 1 is 1.28 bits per heavy atom. The number of carbonyl (C=O) groups excluding carboxylic acids is 1. The van der Waals surface area contributed by atoms with Gasteiger partial charge in [0.25, 0.3) is 0 Å². The summed E-state index contributed by atoms with van der Waals surface area (Å²) in [5.41, 5.74) is 6.71. The van der Waals surface area contributed by atoms with Gasteiger partial charge in [0.15, 0.2) is 0 Å². The van der Waals surface area contributed by atoms with Crippen LogP contribution in [0, 0.1) is 0 Å². The smallest absolute Gasteiger partial charge is 0.221 e. The third-order valence-electron chi connectivity index (χ3n) is 3.00. The highest BCUT2D eigenvalue weighted by Crippen LogP contribution is 2.09. The Labute approximate surface area is 110 Å². The van der Waals surface area contributed by atoms with Gasteiger partial charge in [0, 0.05) is 19.0 Å². The normalized spacial score (nSPS) is 12.1. The fraction of sp³-hybridized carbons (Fsp3) is 0.533. The Hall–Kier alpha value is -1.35. The molecule has 3 heteroatoms. The van der Waals surface area contributed by atoms with Crippen LogP contribution >= 0.6 is 0 Å². The second-order valence-corrected chi connectivity index (χ2v) is 4.62. The Kier molecular flexibility index (Phi) is 7.11. The van der Waals surface area contributed by atoms with Crippen LogP contribution < -0.4 is 11.1 Å². The molecule has 0 saturated heterocycles. The molecular weight excluding hydrogens is 224 g/mol. The number of hydrogen-bond donors (Lipinski definition) is 2. The van der Waals surface area contributed by atoms with Gasteiger partial charge in [0.2, 0.25) is 5.91 Å². The summed E-state index contributed by atoms with van der Waals surface area (Å²) in [5.74, 6) is 0.0732. The van der Waals surface area contributed by atoms with E-state index in [1.807, 2.05) is 6.07 Å². The number of carbonyl (C=O) groups is 1. The minimum absolute atomic E-state index is 0.0732. The molecule has 0 aliphatic heterocycles. The van der Waals surface area contributed by atoms with Crippen molar-refractivity contribution in [2.24, 2.45) is 5.73 Å². The topological polar surface area (TPSA) is 55.1 Å². The molecule has 0 bridgehead atoms. The maximum Gasteiger partial charge on any atom is 0.221 e. The molecule has 1 rings (SSSR count). The van der Waals surface area contributed by atoms with Crippen LogP contribution in [0.5, 0.6) is 0 Å². The number of hydrogen-bond acceptors (Lipinski definition) is 2. The van der Waals surface area contributed by atoms with Gasteiger partial charge < -0.3 is 11.1 Å². The lowest BCUT2D eigenvalue weighted by Gasteiger charge is -2.18. The Morgan fingerprint density at radius 2 is 2.00 bits per heavy atom. The van der Waals surface area contributed by atoms with Crippen LogP contribution in [0.15, 0.2) is 30.3 Å². The lowest BCUT2D eigenvalue weighted by Crippen LogP contribution is -2.36. The van der Waals surface area contributed by atoms with Gasteiger partial charge in [-0.2, -0.15) is 0 Å². The molecule has 0 aliphatic carbocycles. The van der Waals surface area contributed by atoms with E-state index >= 15 is 0 Å². The van der Waals surface area contributed by atoms with Crippen molar-refractivity contribution in [3.63, 3.8) is 0 Å². The number of nitrogens with two attached hydrogens (primary N) is 1. The van der Waals surface area contributed by atoms with Crippen molar-refractivity contribution < 1.29 is 4.79 Å². The molecule has 1 amide bonds. The lowest BCUT2D eigenvalue weighted by molar-refractivity contribution is -0.121. The first-order chi connectivity index (χ1) is 8.76. The maximum atomic E-state index is 11.5. The van der Waals surface area contributed by atoms with Crippen molar-refractivity contribution in [3.05, 3.63) is 35.9 Å². The summed E-state index contributed by atoms with van der Waals surface area (Å²) in [6.45, 7) is 2.56. The fourth-order valence-corrected chi connectivity index (χ4v) is 2.05. The van der Waals surface area contributed by atoms with Crippen molar-refractivity contribution in [3.8, 4) is 0 Å². The zero-order valence-corrected chi connectivity index (χ0v) is 11.2. The van der Waals surface area contributed by atoms with E-state index in [0.29, 0.717) is 13.0 Å². The van der Waals surface area contributed by atoms with Gasteiger partial charge in [-0.05, 0) is 24.8 Å². The number of benzene rings is 1. The van der Waals surface area contributed by atoms with E-state index < -0.39 is 0 Å². The monoisotopic (exact) mass is 248 g/mol. The molecule has 3 N–H and O–H groups in total. The molecule has 0 aliphatic rings. The molecule has 100 valence electrons. The molecule has 1 aromatic rings. The van der Waals surface area contributed by atoms with Crippen molar-refractivity contribution in [1.82, 2.24) is 5.32 Å². The minimum Gasteiger partial charge on any atom is -0.353 e. The number of aryl methyl sites for hydroxylation is 1. The van der Waals surface area contributed by atoms with E-state index in [1.165, 1.54) is 5.56 Å². The highest BCUT2D eigenvalue weighted by Gasteiger charge is 2.10. The second kappa shape index (κ2) is 8.70. The molecule has 0 saturated carbocycles. The quantitative estimate of drug-likeness (QED) is 0.741. The van der Waals surface area contributed by atoms with Gasteiger partial charge in [-0.15, -0.1) is 0 Å². The predicted octanol–water partition coefficient (Wildman–Crippen LogP) is 2.25. The predicted molar refractivity (Wildman–Crippen MR) is 75.3 cm³/mol. The Balaban J connectivity index is 2.40. The summed E-state index contributed by atoms with van der Waals surface area (Å²) in [5, 5.41) is 3.07. The molecule has 3 nitrogen and oxygen atoms in total. The van der Waals surface area contributed by atoms with E-state index in [9.17, 15) is 4.79 Å². The first-order valence-electron chi connectivity index (χ1n) is 6.79. The van der Waals surface area contributed by atoms with Crippen LogP contribution in [0.2, 0.25) is 0 Å². The molecular formula is C15H24N2O. The SMILES string of the molecule is CCCC(CCc1ccccc1)NC(=O)CCN. The van der Waals surface area contributed by atoms with Gasteiger partial charge in [-0.1, -0.05) is 43.7 Å². The van der Waals surface area contributed by atoms with Crippen molar-refractivity contribution in [2.75, 3.05) is 6.54 Å². The zero-order chi connectivity index (χ0) is 13.2. The Bertz CT molecular complexity index is 338. The van der Waals surface area contributed by atoms with E-state index in [4.69, 9.17) is 5.73 Å². The van der Waals surface area contributed by atoms with Crippen molar-refractivity contribution in [1.29, 1.82) is 0 Å². The second-order valence-electron chi connectivity index (χ2n) is 4.62. The Morgan fingerprint density at radius 3 is 2.61 bits per heavy atom. The highest BCUT2D eigenvalue weighted by atomic mass is 16.1. The van der Waals surface area contributed by atoms with Crippen molar-refractivity contribution in [2.45, 2.75) is 45.1 Å². The molecule has 1 aromatic carbocycles. The summed E-state index contributed by atoms with van der Waals surface area (Å²) in [6, 6.07) is 10.7. The van der Waals surface area contributed by atoms with Crippen LogP contribution in [-0.2, 0) is 11.2 Å². The summed E-state index contributed by atoms with van der Waals surface area (Å²) < 4.78 is 0. The van der Waals surface area contributed by atoms with Crippen LogP contribution in [0.4, 0.5) is 0 Å². The van der Waals surface area contributed by atoms with E-state index in [1.54, 1.807) is 0 Å². The number of amides is 1. The molecule has 1 unspecified atom stereocenters. The first-order valence-corrected chi connectivity index (χ1v) is 6.79. The van der Waals surface area contributed by atoms with E-state index in [0.717, 1.165) is 25.7 Å². The summed E-state index contributed by atoms with van der Waals surface area (Å²) in [6.07, 6.45) is 4.54. The van der Waals surface area contributed by atoms with Crippen LogP contribution in [-0.4, -0.2) is 18.5 Å². The van der Waals surface area contributed by atoms with E-state index in [2.05, 4.69) is 36.5 Å². The average Bonchev–Trinajstić information content (AvgIpc) is 2.38. The molecule has 1 atom stereocenters. The van der Waals surface area contributed by atoms with Gasteiger partial charge in [-0.3, -0.25) is 4.79 Å². The highest BCUT2D eigenvalue weighted by molar-refractivity contribution is 5.76. The molecule has 0 fully saturated rings. The summed E-state index contributed by atoms with van der Waals surface area (Å²) >= 11 is 0. The zero-order valence-electron chi connectivity index (χ0n) is 11.2. The third-order valence-corrected chi connectivity index (χ3v) is 3.00. The van der Waals surface area contributed by atoms with Gasteiger partial charge in [0.1, 0.15) is 0 Å². The molecule has 0 aromatic heterocycles. The van der Waals surface area contributed by atoms with Crippen LogP contribution in [0.3, 0.4) is 0 Å². The van der Waals surface area contributed by atoms with Gasteiger partial charge in [-0.25, -0.2) is 0 Å². The number of nitrogens with one attached hydrogen (secondary N) is 1. The molecule has 18 heavy (non-hydrogen) atoms. The lowest BCUT2D eigenvalue weighted by atomic mass is 10.0. The standard InChI is InChI=1S/C15H24N2O/c1-2-6-14(17-15(18)11-12-16)10-9-13-7-4-3-5-8-13/h3-5,7-8,14H,2,6,9-12,16H2,1H3,(H,17,18). The average molecular weight is 248 g/mol. The van der Waals surface area contributed by atoms with Gasteiger partial charge in [0.05, 0.1) is 0 Å². The first kappa shape index (κ1) is 14.7.